The van der Waals surface area contributed by atoms with Crippen LogP contribution in [0.2, 0.25) is 0 Å². The van der Waals surface area contributed by atoms with Gasteiger partial charge in [0.25, 0.3) is 0 Å². The molecule has 18 atom stereocenters. The number of hydrogen-bond donors (Lipinski definition) is 5. The molecule has 0 aromatic carbocycles. The lowest BCUT2D eigenvalue weighted by Crippen LogP contribution is -2.61. The van der Waals surface area contributed by atoms with E-state index in [1.54, 1.807) is 48.5 Å². The molecule has 0 bridgehead atoms. The van der Waals surface area contributed by atoms with Gasteiger partial charge in [0.1, 0.15) is 23.9 Å². The van der Waals surface area contributed by atoms with E-state index in [2.05, 4.69) is 5.16 Å². The average molecular weight is 839 g/mol. The predicted octanol–water partition coefficient (Wildman–Crippen LogP) is 3.64. The number of cyclic esters (lactones) is 1. The van der Waals surface area contributed by atoms with Crippen molar-refractivity contribution >= 4 is 11.7 Å². The second-order valence-corrected chi connectivity index (χ2v) is 18.3. The molecule has 4 rings (SSSR count). The maximum absolute atomic E-state index is 14.4. The van der Waals surface area contributed by atoms with Crippen LogP contribution in [-0.4, -0.2) is 154 Å². The summed E-state index contributed by atoms with van der Waals surface area (Å²) in [4.78, 5) is 22.3. The zero-order valence-corrected chi connectivity index (χ0v) is 37.4. The first-order valence-electron chi connectivity index (χ1n) is 21.3. The van der Waals surface area contributed by atoms with Gasteiger partial charge in [-0.15, -0.1) is 0 Å². The molecule has 3 saturated heterocycles. The Morgan fingerprint density at radius 1 is 0.881 bits per heavy atom. The van der Waals surface area contributed by atoms with Gasteiger partial charge in [-0.2, -0.15) is 0 Å². The van der Waals surface area contributed by atoms with Gasteiger partial charge in [-0.1, -0.05) is 57.2 Å². The van der Waals surface area contributed by atoms with E-state index < -0.39 is 108 Å². The molecule has 3 fully saturated rings. The first kappa shape index (κ1) is 49.4. The van der Waals surface area contributed by atoms with Gasteiger partial charge in [0, 0.05) is 37.3 Å². The zero-order valence-electron chi connectivity index (χ0n) is 37.4. The minimum atomic E-state index is -1.96. The Hall–Kier alpha value is -2.28. The zero-order chi connectivity index (χ0) is 44.2. The number of carbonyl (C=O) groups excluding carboxylic acids is 1. The van der Waals surface area contributed by atoms with Crippen LogP contribution in [0.4, 0.5) is 0 Å². The number of aliphatic hydroxyl groups excluding tert-OH is 3. The lowest BCUT2D eigenvalue weighted by Gasteiger charge is -2.49. The summed E-state index contributed by atoms with van der Waals surface area (Å²) in [5.41, 5.74) is -4.42. The fraction of sp³-hybridized carbons (Fsp3) is 0.818. The molecule has 1 unspecified atom stereocenters. The molecule has 15 nitrogen and oxygen atoms in total. The summed E-state index contributed by atoms with van der Waals surface area (Å²) in [6.07, 6.45) is 1.11. The maximum atomic E-state index is 14.4. The molecular weight excluding hydrogens is 764 g/mol. The molecule has 4 aliphatic rings. The second kappa shape index (κ2) is 20.3. The Labute approximate surface area is 351 Å². The summed E-state index contributed by atoms with van der Waals surface area (Å²) in [5.74, 6) is -4.07. The van der Waals surface area contributed by atoms with Crippen molar-refractivity contribution in [2.45, 2.75) is 185 Å². The van der Waals surface area contributed by atoms with Crippen molar-refractivity contribution in [3.8, 4) is 0 Å². The molecule has 5 N–H and O–H groups in total. The Kier molecular flexibility index (Phi) is 17.0. The molecule has 59 heavy (non-hydrogen) atoms. The van der Waals surface area contributed by atoms with E-state index >= 15 is 0 Å². The van der Waals surface area contributed by atoms with E-state index in [-0.39, 0.29) is 31.4 Å². The first-order valence-corrected chi connectivity index (χ1v) is 21.3. The monoisotopic (exact) mass is 839 g/mol. The van der Waals surface area contributed by atoms with Crippen LogP contribution >= 0.6 is 0 Å². The van der Waals surface area contributed by atoms with Gasteiger partial charge in [0.15, 0.2) is 18.7 Å². The average Bonchev–Trinajstić information content (AvgIpc) is 3.45. The molecule has 0 amide bonds. The second-order valence-electron chi connectivity index (χ2n) is 18.3. The number of aliphatic hydroxyl groups is 5. The quantitative estimate of drug-likeness (QED) is 0.167. The van der Waals surface area contributed by atoms with E-state index in [1.165, 1.54) is 14.0 Å². The van der Waals surface area contributed by atoms with E-state index in [9.17, 15) is 30.3 Å². The summed E-state index contributed by atoms with van der Waals surface area (Å²) in [6, 6.07) is -0.322. The van der Waals surface area contributed by atoms with Gasteiger partial charge < -0.3 is 63.7 Å². The number of ether oxygens (including phenoxy) is 6. The minimum absolute atomic E-state index is 0.00949. The van der Waals surface area contributed by atoms with E-state index in [0.29, 0.717) is 12.1 Å². The SMILES string of the molecule is CC[C@H]1OC(=O)[C@H](C)[C@@H](O[C@H]2C[C@@](C)(OC)[C@@H](O)[C@H](C)O2)[C@H](C)[C@@H](O[C@@H]2O[C@H](C)C[C@H](N(C)C)[C@H]2O)C(C)(O)C[C@H](C)/C(=N\OC2C=CC=CC=C2)[C@H](C)[C@@H](O)[C@]1(C)O. The van der Waals surface area contributed by atoms with Crippen LogP contribution in [0.3, 0.4) is 0 Å². The normalized spacial score (nSPS) is 46.5. The molecule has 0 spiro atoms. The molecule has 0 aromatic heterocycles. The number of oxime groups is 1. The van der Waals surface area contributed by atoms with Crippen LogP contribution < -0.4 is 0 Å². The largest absolute Gasteiger partial charge is 0.459 e. The lowest BCUT2D eigenvalue weighted by molar-refractivity contribution is -0.317. The van der Waals surface area contributed by atoms with Crippen LogP contribution in [0.5, 0.6) is 0 Å². The first-order chi connectivity index (χ1) is 27.5. The molecule has 0 aromatic rings. The van der Waals surface area contributed by atoms with E-state index in [4.69, 9.17) is 33.3 Å². The van der Waals surface area contributed by atoms with Crippen LogP contribution in [-0.2, 0) is 38.1 Å². The molecule has 0 radical (unpaired) electrons. The number of allylic oxidation sites excluding steroid dienone is 4. The van der Waals surface area contributed by atoms with E-state index in [1.807, 2.05) is 69.3 Å². The summed E-state index contributed by atoms with van der Waals surface area (Å²) in [6.45, 7) is 17.1. The number of esters is 1. The van der Waals surface area contributed by atoms with Crippen molar-refractivity contribution in [1.82, 2.24) is 4.90 Å². The summed E-state index contributed by atoms with van der Waals surface area (Å²) in [5, 5.41) is 64.1. The highest BCUT2D eigenvalue weighted by molar-refractivity contribution is 5.88. The van der Waals surface area contributed by atoms with E-state index in [0.717, 1.165) is 0 Å². The Bertz CT molecular complexity index is 1480. The van der Waals surface area contributed by atoms with Gasteiger partial charge in [-0.25, -0.2) is 0 Å². The summed E-state index contributed by atoms with van der Waals surface area (Å²) < 4.78 is 37.8. The fourth-order valence-corrected chi connectivity index (χ4v) is 9.33. The predicted molar refractivity (Wildman–Crippen MR) is 221 cm³/mol. The summed E-state index contributed by atoms with van der Waals surface area (Å²) in [7, 11) is 5.24. The highest BCUT2D eigenvalue weighted by atomic mass is 16.7. The lowest BCUT2D eigenvalue weighted by atomic mass is 9.73. The van der Waals surface area contributed by atoms with Crippen molar-refractivity contribution in [3.05, 3.63) is 36.5 Å². The number of carbonyl (C=O) groups is 1. The van der Waals surface area contributed by atoms with Crippen molar-refractivity contribution < 1.29 is 63.6 Å². The standard InChI is InChI=1S/C44H74N2O13/c1-14-32-44(10,52)37(48)26(4)34(45-59-30-19-17-15-16-18-20-30)24(2)22-42(8,51)39(58-41-35(47)31(46(11)12)21-25(3)54-41)27(5)36(28(6)40(50)56-32)57-33-23-43(9,53-13)38(49)29(7)55-33/h15-20,24-33,35-39,41,47-49,51-52H,14,21-23H2,1-13H3/b45-34+/t24-,25+,26-,27-,28+,29-,31-,32+,33-,35+,36-,37+,38-,39+,41-,42?,43+,44+/m0/s1. The van der Waals surface area contributed by atoms with Crippen molar-refractivity contribution in [3.63, 3.8) is 0 Å². The third kappa shape index (κ3) is 11.4. The number of methoxy groups -OCH3 is 1. The van der Waals surface area contributed by atoms with Crippen molar-refractivity contribution in [2.75, 3.05) is 21.2 Å². The third-order valence-electron chi connectivity index (χ3n) is 13.1. The highest BCUT2D eigenvalue weighted by Crippen LogP contribution is 2.41. The smallest absolute Gasteiger partial charge is 0.311 e. The fourth-order valence-electron chi connectivity index (χ4n) is 9.33. The minimum Gasteiger partial charge on any atom is -0.459 e. The highest BCUT2D eigenvalue weighted by Gasteiger charge is 2.53. The number of rotatable bonds is 9. The number of hydrogen-bond acceptors (Lipinski definition) is 15. The molecule has 338 valence electrons. The Morgan fingerprint density at radius 3 is 2.08 bits per heavy atom. The van der Waals surface area contributed by atoms with Crippen LogP contribution in [0, 0.1) is 23.7 Å². The summed E-state index contributed by atoms with van der Waals surface area (Å²) >= 11 is 0. The van der Waals surface area contributed by atoms with Crippen LogP contribution in [0.15, 0.2) is 41.6 Å². The van der Waals surface area contributed by atoms with Crippen LogP contribution in [0.25, 0.3) is 0 Å². The molecular formula is C44H74N2O13. The molecule has 15 heteroatoms. The maximum Gasteiger partial charge on any atom is 0.311 e. The van der Waals surface area contributed by atoms with Gasteiger partial charge in [0.2, 0.25) is 0 Å². The Morgan fingerprint density at radius 2 is 1.51 bits per heavy atom. The molecule has 1 aliphatic carbocycles. The van der Waals surface area contributed by atoms with Gasteiger partial charge >= 0.3 is 5.97 Å². The topological polar surface area (TPSA) is 198 Å². The van der Waals surface area contributed by atoms with Gasteiger partial charge in [0.05, 0.1) is 53.4 Å². The third-order valence-corrected chi connectivity index (χ3v) is 13.1. The number of likely N-dealkylation sites (N-methyl/N-ethyl adjacent to an activating group) is 1. The van der Waals surface area contributed by atoms with Crippen LogP contribution in [0.1, 0.15) is 94.9 Å². The Balaban J connectivity index is 1.88. The van der Waals surface area contributed by atoms with Crippen molar-refractivity contribution in [1.29, 1.82) is 0 Å². The van der Waals surface area contributed by atoms with Gasteiger partial charge in [-0.3, -0.25) is 4.79 Å². The van der Waals surface area contributed by atoms with Crippen molar-refractivity contribution in [2.24, 2.45) is 28.8 Å². The number of nitrogens with zero attached hydrogens (tertiary/aromatic N) is 2. The molecule has 3 heterocycles. The van der Waals surface area contributed by atoms with Gasteiger partial charge in [-0.05, 0) is 87.1 Å². The molecule has 3 aliphatic heterocycles. The molecule has 0 saturated carbocycles.